The Hall–Kier alpha value is -0.960. The van der Waals surface area contributed by atoms with E-state index in [2.05, 4.69) is 19.0 Å². The van der Waals surface area contributed by atoms with Gasteiger partial charge >= 0.3 is 0 Å². The van der Waals surface area contributed by atoms with Gasteiger partial charge in [0.25, 0.3) is 5.88 Å². The summed E-state index contributed by atoms with van der Waals surface area (Å²) in [6.07, 6.45) is -1.20. The quantitative estimate of drug-likeness (QED) is 0.780. The maximum Gasteiger partial charge on any atom is 0.272 e. The number of morpholine rings is 1. The first-order valence-electron chi connectivity index (χ1n) is 7.14. The molecule has 1 aliphatic heterocycles. The monoisotopic (exact) mass is 316 g/mol. The Morgan fingerprint density at radius 2 is 2.00 bits per heavy atom. The van der Waals surface area contributed by atoms with E-state index in [0.717, 1.165) is 30.6 Å². The van der Waals surface area contributed by atoms with Gasteiger partial charge in [0.1, 0.15) is 6.10 Å². The van der Waals surface area contributed by atoms with E-state index < -0.39 is 12.3 Å². The predicted octanol–water partition coefficient (Wildman–Crippen LogP) is 0.848. The van der Waals surface area contributed by atoms with Crippen LogP contribution in [-0.4, -0.2) is 58.0 Å². The number of aliphatic hydroxyl groups is 1. The van der Waals surface area contributed by atoms with E-state index in [1.54, 1.807) is 6.92 Å². The van der Waals surface area contributed by atoms with Crippen LogP contribution in [0.5, 0.6) is 5.88 Å². The molecule has 2 rings (SSSR count). The van der Waals surface area contributed by atoms with E-state index in [-0.39, 0.29) is 5.54 Å². The molecule has 0 spiro atoms. The van der Waals surface area contributed by atoms with Crippen molar-refractivity contribution in [1.29, 1.82) is 0 Å². The molecule has 0 radical (unpaired) electrons. The van der Waals surface area contributed by atoms with Crippen LogP contribution in [0.4, 0.5) is 5.82 Å². The largest absolute Gasteiger partial charge is 0.452 e. The van der Waals surface area contributed by atoms with E-state index >= 15 is 0 Å². The summed E-state index contributed by atoms with van der Waals surface area (Å²) in [6, 6.07) is 0. The Labute approximate surface area is 129 Å². The zero-order valence-corrected chi connectivity index (χ0v) is 13.8. The summed E-state index contributed by atoms with van der Waals surface area (Å²) in [5, 5.41) is 13.2. The summed E-state index contributed by atoms with van der Waals surface area (Å²) in [7, 11) is 0. The Kier molecular flexibility index (Phi) is 5.37. The van der Waals surface area contributed by atoms with Gasteiger partial charge in [-0.1, -0.05) is 0 Å². The number of hydrogen-bond acceptors (Lipinski definition) is 8. The molecule has 1 fully saturated rings. The normalized spacial score (nSPS) is 19.4. The predicted molar refractivity (Wildman–Crippen MR) is 81.9 cm³/mol. The highest BCUT2D eigenvalue weighted by molar-refractivity contribution is 6.99. The van der Waals surface area contributed by atoms with Crippen molar-refractivity contribution in [3.8, 4) is 5.88 Å². The number of hydrogen-bond donors (Lipinski definition) is 2. The number of aromatic nitrogens is 2. The van der Waals surface area contributed by atoms with Gasteiger partial charge in [0.2, 0.25) is 5.82 Å². The summed E-state index contributed by atoms with van der Waals surface area (Å²) in [4.78, 5) is 2.10. The maximum absolute atomic E-state index is 9.91. The molecule has 0 amide bonds. The van der Waals surface area contributed by atoms with Crippen LogP contribution >= 0.6 is 11.7 Å². The van der Waals surface area contributed by atoms with Crippen molar-refractivity contribution in [1.82, 2.24) is 14.1 Å². The highest BCUT2D eigenvalue weighted by Gasteiger charge is 2.27. The van der Waals surface area contributed by atoms with E-state index in [9.17, 15) is 5.11 Å². The number of nitrogens with zero attached hydrogens (tertiary/aromatic N) is 3. The summed E-state index contributed by atoms with van der Waals surface area (Å²) in [5.74, 6) is 1.19. The third-order valence-electron chi connectivity index (χ3n) is 3.00. The van der Waals surface area contributed by atoms with E-state index in [4.69, 9.17) is 9.47 Å². The molecule has 2 N–H and O–H groups in total. The van der Waals surface area contributed by atoms with Gasteiger partial charge in [-0.05, 0) is 27.7 Å². The standard InChI is InChI=1S/C13H24N4O3S/c1-9(18)11(14-13(2,3)4)20-12-10(15-21-16-12)17-5-7-19-8-6-17/h9,11,14,18H,5-8H2,1-4H3/t9?,11-/m1/s1. The molecule has 7 nitrogen and oxygen atoms in total. The van der Waals surface area contributed by atoms with Crippen LogP contribution in [0.2, 0.25) is 0 Å². The van der Waals surface area contributed by atoms with Crippen molar-refractivity contribution in [3.63, 3.8) is 0 Å². The van der Waals surface area contributed by atoms with Gasteiger partial charge in [0.05, 0.1) is 24.9 Å². The number of ether oxygens (including phenoxy) is 2. The summed E-state index contributed by atoms with van der Waals surface area (Å²) >= 11 is 1.11. The molecule has 1 aromatic heterocycles. The van der Waals surface area contributed by atoms with Gasteiger partial charge in [0.15, 0.2) is 6.23 Å². The number of rotatable bonds is 5. The lowest BCUT2D eigenvalue weighted by Crippen LogP contribution is -2.52. The van der Waals surface area contributed by atoms with Gasteiger partial charge in [-0.15, -0.1) is 4.37 Å². The zero-order valence-electron chi connectivity index (χ0n) is 13.0. The van der Waals surface area contributed by atoms with Crippen molar-refractivity contribution < 1.29 is 14.6 Å². The molecular weight excluding hydrogens is 292 g/mol. The van der Waals surface area contributed by atoms with E-state index in [1.807, 2.05) is 20.8 Å². The number of aliphatic hydroxyl groups excluding tert-OH is 1. The SMILES string of the molecule is CC(O)[C@H](NC(C)(C)C)Oc1nsnc1N1CCOCC1. The topological polar surface area (TPSA) is 79.7 Å². The molecule has 0 aliphatic carbocycles. The van der Waals surface area contributed by atoms with Crippen LogP contribution in [0.3, 0.4) is 0 Å². The molecule has 2 atom stereocenters. The molecule has 0 saturated carbocycles. The third-order valence-corrected chi connectivity index (χ3v) is 3.51. The van der Waals surface area contributed by atoms with E-state index in [1.165, 1.54) is 0 Å². The minimum Gasteiger partial charge on any atom is -0.452 e. The molecule has 21 heavy (non-hydrogen) atoms. The van der Waals surface area contributed by atoms with Crippen molar-refractivity contribution >= 4 is 17.5 Å². The lowest BCUT2D eigenvalue weighted by atomic mass is 10.1. The first kappa shape index (κ1) is 16.4. The van der Waals surface area contributed by atoms with Gasteiger partial charge in [-0.3, -0.25) is 5.32 Å². The molecule has 120 valence electrons. The average molecular weight is 316 g/mol. The Morgan fingerprint density at radius 3 is 2.57 bits per heavy atom. The lowest BCUT2D eigenvalue weighted by Gasteiger charge is -2.31. The second kappa shape index (κ2) is 6.87. The van der Waals surface area contributed by atoms with Crippen LogP contribution in [-0.2, 0) is 4.74 Å². The summed E-state index contributed by atoms with van der Waals surface area (Å²) < 4.78 is 19.7. The van der Waals surface area contributed by atoms with Gasteiger partial charge < -0.3 is 19.5 Å². The van der Waals surface area contributed by atoms with Crippen LogP contribution in [0, 0.1) is 0 Å². The second-order valence-electron chi connectivity index (χ2n) is 6.17. The first-order chi connectivity index (χ1) is 9.87. The fraction of sp³-hybridized carbons (Fsp3) is 0.846. The van der Waals surface area contributed by atoms with Crippen molar-refractivity contribution in [2.45, 2.75) is 45.6 Å². The molecule has 8 heteroatoms. The molecule has 1 saturated heterocycles. The Balaban J connectivity index is 2.08. The zero-order chi connectivity index (χ0) is 15.5. The third kappa shape index (κ3) is 4.77. The van der Waals surface area contributed by atoms with Gasteiger partial charge in [0, 0.05) is 18.6 Å². The first-order valence-corrected chi connectivity index (χ1v) is 7.87. The van der Waals surface area contributed by atoms with Crippen LogP contribution in [0.1, 0.15) is 27.7 Å². The molecule has 0 bridgehead atoms. The molecule has 1 aliphatic rings. The molecule has 1 aromatic rings. The summed E-state index contributed by atoms with van der Waals surface area (Å²) in [5.41, 5.74) is -0.176. The Bertz CT molecular complexity index is 441. The van der Waals surface area contributed by atoms with Crippen LogP contribution in [0.15, 0.2) is 0 Å². The minimum atomic E-state index is -0.663. The van der Waals surface area contributed by atoms with Crippen molar-refractivity contribution in [3.05, 3.63) is 0 Å². The van der Waals surface area contributed by atoms with Gasteiger partial charge in [-0.25, -0.2) is 0 Å². The number of anilines is 1. The fourth-order valence-corrected chi connectivity index (χ4v) is 2.52. The summed E-state index contributed by atoms with van der Waals surface area (Å²) in [6.45, 7) is 10.7. The van der Waals surface area contributed by atoms with Crippen LogP contribution in [0.25, 0.3) is 0 Å². The fourth-order valence-electron chi connectivity index (χ4n) is 2.01. The molecular formula is C13H24N4O3S. The lowest BCUT2D eigenvalue weighted by molar-refractivity contribution is 0.00919. The molecule has 0 aromatic carbocycles. The highest BCUT2D eigenvalue weighted by Crippen LogP contribution is 2.27. The molecule has 1 unspecified atom stereocenters. The van der Waals surface area contributed by atoms with Crippen molar-refractivity contribution in [2.75, 3.05) is 31.2 Å². The number of nitrogens with one attached hydrogen (secondary N) is 1. The second-order valence-corrected chi connectivity index (χ2v) is 6.69. The minimum absolute atomic E-state index is 0.176. The Morgan fingerprint density at radius 1 is 1.33 bits per heavy atom. The van der Waals surface area contributed by atoms with Crippen molar-refractivity contribution in [2.24, 2.45) is 0 Å². The average Bonchev–Trinajstić information content (AvgIpc) is 2.85. The molecule has 2 heterocycles. The van der Waals surface area contributed by atoms with Gasteiger partial charge in [-0.2, -0.15) is 4.37 Å². The smallest absolute Gasteiger partial charge is 0.272 e. The van der Waals surface area contributed by atoms with E-state index in [0.29, 0.717) is 19.1 Å². The highest BCUT2D eigenvalue weighted by atomic mass is 32.1. The maximum atomic E-state index is 9.91. The van der Waals surface area contributed by atoms with Crippen LogP contribution < -0.4 is 15.0 Å².